The molecule has 8 nitrogen and oxygen atoms in total. The second kappa shape index (κ2) is 6.81. The summed E-state index contributed by atoms with van der Waals surface area (Å²) in [6.07, 6.45) is 0. The molecule has 0 atom stereocenters. The zero-order chi connectivity index (χ0) is 8.08. The maximum atomic E-state index is 8.74. The maximum absolute atomic E-state index is 8.74. The van der Waals surface area contributed by atoms with E-state index in [1.165, 1.54) is 0 Å². The first-order valence-electron chi connectivity index (χ1n) is 1.26. The van der Waals surface area contributed by atoms with Gasteiger partial charge in [-0.3, -0.25) is 9.11 Å². The van der Waals surface area contributed by atoms with Crippen molar-refractivity contribution in [2.75, 3.05) is 0 Å². The van der Waals surface area contributed by atoms with E-state index < -0.39 is 15.5 Å². The third kappa shape index (κ3) is 3670. The van der Waals surface area contributed by atoms with Crippen LogP contribution in [0.2, 0.25) is 0 Å². The van der Waals surface area contributed by atoms with Crippen molar-refractivity contribution in [3.8, 4) is 0 Å². The summed E-state index contributed by atoms with van der Waals surface area (Å²) < 4.78 is 31.6. The quantitative estimate of drug-likeness (QED) is 0.208. The number of rotatable bonds is 0. The van der Waals surface area contributed by atoms with Gasteiger partial charge in [-0.25, -0.2) is 0 Å². The fourth-order valence-electron chi connectivity index (χ4n) is 0. The Morgan fingerprint density at radius 1 is 1.30 bits per heavy atom. The van der Waals surface area contributed by atoms with Crippen LogP contribution in [0.5, 0.6) is 0 Å². The Labute approximate surface area is 68.3 Å². The van der Waals surface area contributed by atoms with Crippen molar-refractivity contribution in [1.82, 2.24) is 0 Å². The monoisotopic (exact) mass is 225 g/mol. The van der Waals surface area contributed by atoms with Crippen LogP contribution in [-0.2, 0) is 29.9 Å². The SMILES string of the molecule is O=S(=O)(O)O.O=[N+]([O-])O.[Zn]. The van der Waals surface area contributed by atoms with Crippen molar-refractivity contribution in [3.05, 3.63) is 10.1 Å². The van der Waals surface area contributed by atoms with Crippen LogP contribution in [0.25, 0.3) is 0 Å². The Morgan fingerprint density at radius 2 is 1.30 bits per heavy atom. The van der Waals surface area contributed by atoms with Crippen LogP contribution in [0, 0.1) is 10.1 Å². The maximum Gasteiger partial charge on any atom is 0.394 e. The van der Waals surface area contributed by atoms with E-state index >= 15 is 0 Å². The van der Waals surface area contributed by atoms with Gasteiger partial charge in [-0.15, -0.1) is 10.1 Å². The predicted molar refractivity (Wildman–Crippen MR) is 23.0 cm³/mol. The van der Waals surface area contributed by atoms with Crippen molar-refractivity contribution >= 4 is 10.4 Å². The molecule has 58 valence electrons. The van der Waals surface area contributed by atoms with Gasteiger partial charge in [-0.2, -0.15) is 8.42 Å². The van der Waals surface area contributed by atoms with Crippen LogP contribution >= 0.6 is 0 Å². The summed E-state index contributed by atoms with van der Waals surface area (Å²) in [5, 5.41) is 13.6. The Hall–Kier alpha value is -0.307. The van der Waals surface area contributed by atoms with Gasteiger partial charge in [0.2, 0.25) is 0 Å². The molecule has 10 heavy (non-hydrogen) atoms. The summed E-state index contributed by atoms with van der Waals surface area (Å²) in [4.78, 5) is 8.36. The molecule has 0 aliphatic carbocycles. The van der Waals surface area contributed by atoms with Gasteiger partial charge in [0.15, 0.2) is 0 Å². The van der Waals surface area contributed by atoms with Crippen LogP contribution in [0.4, 0.5) is 0 Å². The minimum Gasteiger partial charge on any atom is -0.328 e. The van der Waals surface area contributed by atoms with Gasteiger partial charge in [0.25, 0.3) is 5.09 Å². The third-order valence-corrected chi connectivity index (χ3v) is 0. The normalized spacial score (nSPS) is 8.20. The third-order valence-electron chi connectivity index (χ3n) is 0. The number of hydrogen-bond acceptors (Lipinski definition) is 4. The molecule has 0 aliphatic heterocycles. The number of nitrogens with zero attached hydrogens (tertiary/aromatic N) is 1. The van der Waals surface area contributed by atoms with Crippen LogP contribution in [-0.4, -0.2) is 27.8 Å². The molecule has 3 N–H and O–H groups in total. The van der Waals surface area contributed by atoms with Crippen LogP contribution < -0.4 is 0 Å². The zero-order valence-electron chi connectivity index (χ0n) is 4.54. The zero-order valence-corrected chi connectivity index (χ0v) is 8.32. The first-order chi connectivity index (χ1) is 3.73. The van der Waals surface area contributed by atoms with E-state index in [0.717, 1.165) is 0 Å². The standard InChI is InChI=1S/HNO3.H2O4S.Zn/c2-1(3)4;1-5(2,3)4;/h(H,2,3,4);(H2,1,2,3,4);. The molecule has 0 aromatic rings. The topological polar surface area (TPSA) is 138 Å². The van der Waals surface area contributed by atoms with Crippen LogP contribution in [0.15, 0.2) is 0 Å². The minimum atomic E-state index is -4.67. The van der Waals surface area contributed by atoms with E-state index in [0.29, 0.717) is 0 Å². The summed E-state index contributed by atoms with van der Waals surface area (Å²) in [5.74, 6) is 0. The van der Waals surface area contributed by atoms with E-state index in [1.54, 1.807) is 0 Å². The van der Waals surface area contributed by atoms with Gasteiger partial charge in [0.05, 0.1) is 0 Å². The second-order valence-corrected chi connectivity index (χ2v) is 1.58. The molecule has 0 saturated heterocycles. The summed E-state index contributed by atoms with van der Waals surface area (Å²) >= 11 is 0. The van der Waals surface area contributed by atoms with E-state index in [1.807, 2.05) is 0 Å². The molecule has 0 amide bonds. The van der Waals surface area contributed by atoms with Crippen molar-refractivity contribution in [2.45, 2.75) is 0 Å². The fourth-order valence-corrected chi connectivity index (χ4v) is 0. The molecule has 0 aromatic heterocycles. The molecule has 0 radical (unpaired) electrons. The molecule has 0 heterocycles. The summed E-state index contributed by atoms with van der Waals surface area (Å²) in [5.41, 5.74) is 0. The molecule has 0 unspecified atom stereocenters. The Morgan fingerprint density at radius 3 is 1.30 bits per heavy atom. The molecule has 0 saturated carbocycles. The fraction of sp³-hybridized carbons (Fsp3) is 0. The first kappa shape index (κ1) is 16.4. The first-order valence-corrected chi connectivity index (χ1v) is 2.66. The summed E-state index contributed by atoms with van der Waals surface area (Å²) in [6, 6.07) is 0. The Bertz CT molecular complexity index is 156. The van der Waals surface area contributed by atoms with Gasteiger partial charge < -0.3 is 5.21 Å². The molecule has 0 bridgehead atoms. The predicted octanol–water partition coefficient (Wildman–Crippen LogP) is -1.00. The molecule has 0 rings (SSSR count). The van der Waals surface area contributed by atoms with Crippen molar-refractivity contribution in [3.63, 3.8) is 0 Å². The molecule has 0 aromatic carbocycles. The van der Waals surface area contributed by atoms with Crippen LogP contribution in [0.3, 0.4) is 0 Å². The van der Waals surface area contributed by atoms with Crippen molar-refractivity contribution in [2.24, 2.45) is 0 Å². The van der Waals surface area contributed by atoms with Gasteiger partial charge in [-0.1, -0.05) is 0 Å². The van der Waals surface area contributed by atoms with E-state index in [-0.39, 0.29) is 19.5 Å². The smallest absolute Gasteiger partial charge is 0.328 e. The van der Waals surface area contributed by atoms with Gasteiger partial charge in [0.1, 0.15) is 0 Å². The Kier molecular flexibility index (Phi) is 11.1. The average molecular weight is 226 g/mol. The van der Waals surface area contributed by atoms with E-state index in [4.69, 9.17) is 32.8 Å². The van der Waals surface area contributed by atoms with E-state index in [2.05, 4.69) is 0 Å². The molecule has 0 spiro atoms. The largest absolute Gasteiger partial charge is 0.394 e. The number of hydrogen-bond donors (Lipinski definition) is 3. The Balaban J connectivity index is -0.0000000910. The van der Waals surface area contributed by atoms with Crippen molar-refractivity contribution in [1.29, 1.82) is 0 Å². The van der Waals surface area contributed by atoms with Crippen LogP contribution in [0.1, 0.15) is 0 Å². The second-order valence-electron chi connectivity index (χ2n) is 0.686. The molecular weight excluding hydrogens is 223 g/mol. The minimum absolute atomic E-state index is 0. The molecule has 0 fully saturated rings. The summed E-state index contributed by atoms with van der Waals surface area (Å²) in [6.45, 7) is 0. The van der Waals surface area contributed by atoms with Gasteiger partial charge in [-0.05, 0) is 0 Å². The molecular formula is H3NO7SZn. The molecule has 10 heteroatoms. The van der Waals surface area contributed by atoms with E-state index in [9.17, 15) is 0 Å². The molecule has 0 aliphatic rings. The summed E-state index contributed by atoms with van der Waals surface area (Å²) in [7, 11) is -4.67. The van der Waals surface area contributed by atoms with Gasteiger partial charge in [0, 0.05) is 19.5 Å². The average Bonchev–Trinajstić information content (AvgIpc) is 1.19. The van der Waals surface area contributed by atoms with Crippen molar-refractivity contribution < 1.29 is 47.3 Å². The van der Waals surface area contributed by atoms with Gasteiger partial charge >= 0.3 is 10.4 Å².